The van der Waals surface area contributed by atoms with E-state index in [1.54, 1.807) is 6.92 Å². The molecule has 0 aliphatic carbocycles. The van der Waals surface area contributed by atoms with Crippen molar-refractivity contribution >= 4 is 60.4 Å². The molecule has 1 aromatic rings. The molecule has 0 aromatic heterocycles. The number of amides is 1. The van der Waals surface area contributed by atoms with Crippen LogP contribution >= 0.6 is 45.5 Å². The first kappa shape index (κ1) is 18.8. The van der Waals surface area contributed by atoms with E-state index in [2.05, 4.69) is 5.32 Å². The van der Waals surface area contributed by atoms with Crippen LogP contribution in [0.2, 0.25) is 15.1 Å². The minimum Gasteiger partial charge on any atom is -0.349 e. The minimum absolute atomic E-state index is 0.123. The van der Waals surface area contributed by atoms with Gasteiger partial charge in [0.25, 0.3) is 15.0 Å². The molecule has 9 heteroatoms. The van der Waals surface area contributed by atoms with E-state index in [1.165, 1.54) is 0 Å². The third-order valence-electron chi connectivity index (χ3n) is 2.97. The summed E-state index contributed by atoms with van der Waals surface area (Å²) >= 11 is 17.8. The van der Waals surface area contributed by atoms with Gasteiger partial charge in [0.2, 0.25) is 0 Å². The van der Waals surface area contributed by atoms with Crippen LogP contribution in [0.1, 0.15) is 31.1 Å². The van der Waals surface area contributed by atoms with E-state index in [4.69, 9.17) is 45.5 Å². The zero-order valence-electron chi connectivity index (χ0n) is 11.4. The lowest BCUT2D eigenvalue weighted by atomic mass is 10.1. The first-order valence-electron chi connectivity index (χ1n) is 5.89. The quantitative estimate of drug-likeness (QED) is 0.611. The summed E-state index contributed by atoms with van der Waals surface area (Å²) in [5, 5.41) is 2.08. The lowest BCUT2D eigenvalue weighted by Crippen LogP contribution is -2.36. The molecule has 0 aliphatic rings. The van der Waals surface area contributed by atoms with E-state index >= 15 is 0 Å². The first-order chi connectivity index (χ1) is 9.46. The summed E-state index contributed by atoms with van der Waals surface area (Å²) in [7, 11) is 1.12. The number of benzene rings is 1. The van der Waals surface area contributed by atoms with E-state index < -0.39 is 19.9 Å². The summed E-state index contributed by atoms with van der Waals surface area (Å²) in [6, 6.07) is 0.844. The van der Waals surface area contributed by atoms with Gasteiger partial charge in [0, 0.05) is 16.7 Å². The van der Waals surface area contributed by atoms with Crippen LogP contribution in [-0.4, -0.2) is 20.4 Å². The highest BCUT2D eigenvalue weighted by Crippen LogP contribution is 2.38. The summed E-state index contributed by atoms with van der Waals surface area (Å²) in [4.78, 5) is 11.8. The van der Waals surface area contributed by atoms with Crippen molar-refractivity contribution < 1.29 is 13.2 Å². The van der Waals surface area contributed by atoms with Crippen molar-refractivity contribution in [2.75, 3.05) is 0 Å². The van der Waals surface area contributed by atoms with Gasteiger partial charge >= 0.3 is 0 Å². The molecule has 0 spiro atoms. The normalized spacial score (nSPS) is 13.3. The van der Waals surface area contributed by atoms with Crippen LogP contribution in [0.15, 0.2) is 11.0 Å². The van der Waals surface area contributed by atoms with Gasteiger partial charge in [0.15, 0.2) is 0 Å². The zero-order valence-corrected chi connectivity index (χ0v) is 15.2. The van der Waals surface area contributed by atoms with Crippen LogP contribution in [0.3, 0.4) is 0 Å². The standard InChI is InChI=1S/C12H13Cl4NO3S/c1-5(2)6(3)17-12(18)9-10(14)7(13)4-8(11(9)15)21(16,19)20/h4-6H,1-3H3,(H,17,18). The third kappa shape index (κ3) is 4.39. The largest absolute Gasteiger partial charge is 0.349 e. The number of hydrogen-bond donors (Lipinski definition) is 1. The molecule has 1 unspecified atom stereocenters. The summed E-state index contributed by atoms with van der Waals surface area (Å²) in [5.74, 6) is -0.447. The van der Waals surface area contributed by atoms with Gasteiger partial charge in [-0.05, 0) is 18.9 Å². The molecular formula is C12H13Cl4NO3S. The predicted molar refractivity (Wildman–Crippen MR) is 86.3 cm³/mol. The highest BCUT2D eigenvalue weighted by atomic mass is 35.7. The van der Waals surface area contributed by atoms with Crippen LogP contribution in [0, 0.1) is 5.92 Å². The van der Waals surface area contributed by atoms with Gasteiger partial charge in [0.1, 0.15) is 4.90 Å². The van der Waals surface area contributed by atoms with E-state index in [9.17, 15) is 13.2 Å². The maximum absolute atomic E-state index is 12.3. The number of halogens is 4. The fourth-order valence-electron chi connectivity index (χ4n) is 1.40. The van der Waals surface area contributed by atoms with Gasteiger partial charge in [-0.1, -0.05) is 48.7 Å². The van der Waals surface area contributed by atoms with Crippen LogP contribution < -0.4 is 5.32 Å². The second kappa shape index (κ2) is 6.92. The van der Waals surface area contributed by atoms with Crippen molar-refractivity contribution in [1.29, 1.82) is 0 Å². The molecule has 21 heavy (non-hydrogen) atoms. The molecule has 118 valence electrons. The number of rotatable bonds is 4. The topological polar surface area (TPSA) is 63.2 Å². The molecule has 0 saturated carbocycles. The number of carbonyl (C=O) groups is 1. The van der Waals surface area contributed by atoms with E-state index in [1.807, 2.05) is 13.8 Å². The Morgan fingerprint density at radius 1 is 1.14 bits per heavy atom. The van der Waals surface area contributed by atoms with Gasteiger partial charge < -0.3 is 5.32 Å². The molecule has 0 aliphatic heterocycles. The van der Waals surface area contributed by atoms with Crippen molar-refractivity contribution in [2.45, 2.75) is 31.7 Å². The lowest BCUT2D eigenvalue weighted by molar-refractivity contribution is 0.0930. The molecule has 1 aromatic carbocycles. The minimum atomic E-state index is -4.16. The molecule has 4 nitrogen and oxygen atoms in total. The first-order valence-corrected chi connectivity index (χ1v) is 9.34. The molecule has 1 amide bonds. The molecular weight excluding hydrogens is 380 g/mol. The Morgan fingerprint density at radius 2 is 1.67 bits per heavy atom. The van der Waals surface area contributed by atoms with Crippen molar-refractivity contribution in [2.24, 2.45) is 5.92 Å². The Hall–Kier alpha value is -0.200. The molecule has 0 radical (unpaired) electrons. The molecule has 0 fully saturated rings. The number of hydrogen-bond acceptors (Lipinski definition) is 3. The van der Waals surface area contributed by atoms with Gasteiger partial charge in [-0.25, -0.2) is 8.42 Å². The van der Waals surface area contributed by atoms with Crippen LogP contribution in [0.5, 0.6) is 0 Å². The maximum atomic E-state index is 12.3. The lowest BCUT2D eigenvalue weighted by Gasteiger charge is -2.19. The summed E-state index contributed by atoms with van der Waals surface area (Å²) in [6.45, 7) is 5.63. The Kier molecular flexibility index (Phi) is 6.21. The van der Waals surface area contributed by atoms with Gasteiger partial charge in [-0.2, -0.15) is 0 Å². The zero-order chi connectivity index (χ0) is 16.5. The molecule has 1 atom stereocenters. The van der Waals surface area contributed by atoms with Crippen LogP contribution in [-0.2, 0) is 9.05 Å². The highest BCUT2D eigenvalue weighted by Gasteiger charge is 2.27. The fraction of sp³-hybridized carbons (Fsp3) is 0.417. The number of carbonyl (C=O) groups excluding carboxylic acids is 1. The van der Waals surface area contributed by atoms with Gasteiger partial charge in [-0.15, -0.1) is 0 Å². The SMILES string of the molecule is CC(C)C(C)NC(=O)c1c(Cl)c(Cl)cc(S(=O)(=O)Cl)c1Cl. The second-order valence-corrected chi connectivity index (χ2v) is 8.50. The number of nitrogens with one attached hydrogen (secondary N) is 1. The Labute approximate surface area is 143 Å². The Balaban J connectivity index is 3.42. The van der Waals surface area contributed by atoms with Gasteiger partial charge in [0.05, 0.1) is 20.6 Å². The highest BCUT2D eigenvalue weighted by molar-refractivity contribution is 8.13. The maximum Gasteiger partial charge on any atom is 0.262 e. The average Bonchev–Trinajstić information content (AvgIpc) is 2.32. The van der Waals surface area contributed by atoms with Crippen LogP contribution in [0.25, 0.3) is 0 Å². The predicted octanol–water partition coefficient (Wildman–Crippen LogP) is 4.35. The molecule has 0 saturated heterocycles. The van der Waals surface area contributed by atoms with E-state index in [0.717, 1.165) is 6.07 Å². The molecule has 0 heterocycles. The Bertz CT molecular complexity index is 674. The smallest absolute Gasteiger partial charge is 0.262 e. The average molecular weight is 393 g/mol. The van der Waals surface area contributed by atoms with Crippen molar-refractivity contribution in [1.82, 2.24) is 5.32 Å². The van der Waals surface area contributed by atoms with Crippen molar-refractivity contribution in [3.05, 3.63) is 26.7 Å². The van der Waals surface area contributed by atoms with Crippen LogP contribution in [0.4, 0.5) is 0 Å². The molecule has 1 N–H and O–H groups in total. The summed E-state index contributed by atoms with van der Waals surface area (Å²) in [6.07, 6.45) is 0. The van der Waals surface area contributed by atoms with Crippen molar-refractivity contribution in [3.63, 3.8) is 0 Å². The van der Waals surface area contributed by atoms with Crippen molar-refractivity contribution in [3.8, 4) is 0 Å². The van der Waals surface area contributed by atoms with E-state index in [-0.39, 0.29) is 32.6 Å². The monoisotopic (exact) mass is 391 g/mol. The summed E-state index contributed by atoms with van der Waals surface area (Å²) < 4.78 is 22.9. The van der Waals surface area contributed by atoms with E-state index in [0.29, 0.717) is 0 Å². The fourth-order valence-corrected chi connectivity index (χ4v) is 3.55. The molecule has 1 rings (SSSR count). The second-order valence-electron chi connectivity index (χ2n) is 4.80. The third-order valence-corrected chi connectivity index (χ3v) is 5.61. The van der Waals surface area contributed by atoms with Gasteiger partial charge in [-0.3, -0.25) is 4.79 Å². The molecule has 0 bridgehead atoms. The summed E-state index contributed by atoms with van der Waals surface area (Å²) in [5.41, 5.74) is -0.211. The Morgan fingerprint density at radius 3 is 2.10 bits per heavy atom.